The Hall–Kier alpha value is 1.35. The first-order valence-electron chi connectivity index (χ1n) is 1.51. The third-order valence-electron chi connectivity index (χ3n) is 0.266. The molecule has 8 heavy (non-hydrogen) atoms. The highest BCUT2D eigenvalue weighted by atomic mass is 127. The molecule has 0 bridgehead atoms. The predicted octanol–water partition coefficient (Wildman–Crippen LogP) is 1.83. The van der Waals surface area contributed by atoms with Crippen LogP contribution >= 0.6 is 52.8 Å². The Morgan fingerprint density at radius 2 is 1.88 bits per heavy atom. The molecule has 3 nitrogen and oxygen atoms in total. The molecule has 0 heterocycles. The van der Waals surface area contributed by atoms with E-state index in [1.807, 2.05) is 45.2 Å². The van der Waals surface area contributed by atoms with Gasteiger partial charge in [-0.2, -0.15) is 0 Å². The van der Waals surface area contributed by atoms with Crippen LogP contribution in [0.4, 0.5) is 0 Å². The van der Waals surface area contributed by atoms with Gasteiger partial charge >= 0.3 is 7.60 Å². The van der Waals surface area contributed by atoms with Crippen LogP contribution in [0.15, 0.2) is 7.40 Å². The van der Waals surface area contributed by atoms with Gasteiger partial charge in [-0.1, -0.05) is 0 Å². The number of hydrogen-bond donors (Lipinski definition) is 2. The first-order valence-corrected chi connectivity index (χ1v) is 5.35. The number of rotatable bonds is 1. The van der Waals surface area contributed by atoms with E-state index in [2.05, 4.69) is 0 Å². The normalized spacial score (nSPS) is 11.0. The third kappa shape index (κ3) is 7.35. The molecule has 0 rings (SSSR count). The van der Waals surface area contributed by atoms with Crippen molar-refractivity contribution >= 4 is 52.8 Å². The smallest absolute Gasteiger partial charge is 0.321 e. The lowest BCUT2D eigenvalue weighted by atomic mass is 11.3. The second-order valence-electron chi connectivity index (χ2n) is 1.01. The highest BCUT2D eigenvalue weighted by Gasteiger charge is 2.06. The molecular formula is C2H3I2O3P. The van der Waals surface area contributed by atoms with E-state index < -0.39 is 7.60 Å². The van der Waals surface area contributed by atoms with Gasteiger partial charge in [-0.25, -0.2) is 0 Å². The van der Waals surface area contributed by atoms with Crippen molar-refractivity contribution in [2.45, 2.75) is 0 Å². The summed E-state index contributed by atoms with van der Waals surface area (Å²) >= 11 is 3.65. The number of halogens is 2. The maximum atomic E-state index is 10.1. The predicted molar refractivity (Wildman–Crippen MR) is 48.2 cm³/mol. The molecule has 0 spiro atoms. The highest BCUT2D eigenvalue weighted by molar-refractivity contribution is 14.2. The standard InChI is InChI=1S/C2H3I2O3P/c3-2(4)1-8(5,6)7/h1H,(H2,5,6,7). The Morgan fingerprint density at radius 3 is 1.88 bits per heavy atom. The van der Waals surface area contributed by atoms with Crippen molar-refractivity contribution in [3.8, 4) is 0 Å². The van der Waals surface area contributed by atoms with Crippen LogP contribution in [-0.2, 0) is 4.57 Å². The van der Waals surface area contributed by atoms with Crippen molar-refractivity contribution in [2.75, 3.05) is 0 Å². The molecule has 0 unspecified atom stereocenters. The molecule has 48 valence electrons. The van der Waals surface area contributed by atoms with Crippen molar-refractivity contribution in [1.29, 1.82) is 0 Å². The molecule has 0 radical (unpaired) electrons. The summed E-state index contributed by atoms with van der Waals surface area (Å²) in [4.78, 5) is 16.4. The minimum Gasteiger partial charge on any atom is -0.321 e. The Labute approximate surface area is 74.0 Å². The first-order chi connectivity index (χ1) is 3.42. The van der Waals surface area contributed by atoms with Gasteiger partial charge in [-0.3, -0.25) is 4.57 Å². The lowest BCUT2D eigenvalue weighted by molar-refractivity contribution is 0.386. The molecule has 0 aromatic heterocycles. The fourth-order valence-corrected chi connectivity index (χ4v) is 2.56. The van der Waals surface area contributed by atoms with Crippen molar-refractivity contribution in [3.05, 3.63) is 7.40 Å². The van der Waals surface area contributed by atoms with Gasteiger partial charge in [0.25, 0.3) is 0 Å². The summed E-state index contributed by atoms with van der Waals surface area (Å²) in [6.45, 7) is 0. The van der Waals surface area contributed by atoms with Crippen LogP contribution in [0.2, 0.25) is 0 Å². The average molecular weight is 360 g/mol. The second-order valence-corrected chi connectivity index (χ2v) is 6.83. The Bertz CT molecular complexity index is 143. The average Bonchev–Trinajstić information content (AvgIpc) is 1.21. The SMILES string of the molecule is O=P(O)(O)C=C(I)I. The fourth-order valence-electron chi connectivity index (χ4n) is 0.127. The Balaban J connectivity index is 4.11. The quantitative estimate of drug-likeness (QED) is 0.555. The monoisotopic (exact) mass is 360 g/mol. The van der Waals surface area contributed by atoms with Crippen LogP contribution in [0.5, 0.6) is 0 Å². The van der Waals surface area contributed by atoms with Crippen LogP contribution < -0.4 is 0 Å². The maximum absolute atomic E-state index is 10.1. The second kappa shape index (κ2) is 3.50. The molecule has 0 saturated carbocycles. The van der Waals surface area contributed by atoms with E-state index in [0.717, 1.165) is 5.82 Å². The summed E-state index contributed by atoms with van der Waals surface area (Å²) in [7, 11) is -3.90. The molecule has 0 aromatic rings. The summed E-state index contributed by atoms with van der Waals surface area (Å²) in [5, 5.41) is 0. The fraction of sp³-hybridized carbons (Fsp3) is 0. The van der Waals surface area contributed by atoms with E-state index in [4.69, 9.17) is 9.79 Å². The topological polar surface area (TPSA) is 57.5 Å². The highest BCUT2D eigenvalue weighted by Crippen LogP contribution is 2.40. The van der Waals surface area contributed by atoms with E-state index >= 15 is 0 Å². The molecule has 6 heteroatoms. The molecule has 0 aliphatic rings. The summed E-state index contributed by atoms with van der Waals surface area (Å²) in [6, 6.07) is 0. The molecule has 2 N–H and O–H groups in total. The minimum absolute atomic E-state index is 0.577. The van der Waals surface area contributed by atoms with Crippen LogP contribution in [0.3, 0.4) is 0 Å². The molecule has 0 aliphatic carbocycles. The van der Waals surface area contributed by atoms with E-state index in [9.17, 15) is 4.57 Å². The van der Waals surface area contributed by atoms with Crippen LogP contribution in [-0.4, -0.2) is 9.79 Å². The van der Waals surface area contributed by atoms with Crippen molar-refractivity contribution in [1.82, 2.24) is 0 Å². The summed E-state index contributed by atoms with van der Waals surface area (Å²) in [5.41, 5.74) is 0. The zero-order chi connectivity index (χ0) is 6.78. The zero-order valence-electron chi connectivity index (χ0n) is 3.58. The number of hydrogen-bond acceptors (Lipinski definition) is 1. The summed E-state index contributed by atoms with van der Waals surface area (Å²) < 4.78 is 10.6. The van der Waals surface area contributed by atoms with Gasteiger partial charge in [0, 0.05) is 5.82 Å². The van der Waals surface area contributed by atoms with Crippen molar-refractivity contribution < 1.29 is 14.4 Å². The molecule has 0 aromatic carbocycles. The molecule has 0 saturated heterocycles. The zero-order valence-corrected chi connectivity index (χ0v) is 8.79. The van der Waals surface area contributed by atoms with E-state index in [1.54, 1.807) is 0 Å². The van der Waals surface area contributed by atoms with Gasteiger partial charge < -0.3 is 9.79 Å². The van der Waals surface area contributed by atoms with Gasteiger partial charge in [-0.15, -0.1) is 0 Å². The van der Waals surface area contributed by atoms with Crippen molar-refractivity contribution in [2.24, 2.45) is 0 Å². The molecule has 0 fully saturated rings. The van der Waals surface area contributed by atoms with Gasteiger partial charge in [0.05, 0.1) is 1.59 Å². The van der Waals surface area contributed by atoms with E-state index in [-0.39, 0.29) is 0 Å². The lowest BCUT2D eigenvalue weighted by Gasteiger charge is -1.91. The molecule has 0 amide bonds. The van der Waals surface area contributed by atoms with Gasteiger partial charge in [0.15, 0.2) is 0 Å². The Kier molecular flexibility index (Phi) is 4.09. The molecule has 0 atom stereocenters. The van der Waals surface area contributed by atoms with Gasteiger partial charge in [0.2, 0.25) is 0 Å². The van der Waals surface area contributed by atoms with Crippen LogP contribution in [0, 0.1) is 0 Å². The summed E-state index contributed by atoms with van der Waals surface area (Å²) in [5.74, 6) is 0.911. The first kappa shape index (κ1) is 9.35. The maximum Gasteiger partial charge on any atom is 0.350 e. The third-order valence-corrected chi connectivity index (χ3v) is 2.47. The lowest BCUT2D eigenvalue weighted by Crippen LogP contribution is -1.66. The van der Waals surface area contributed by atoms with Gasteiger partial charge in [-0.05, 0) is 45.2 Å². The van der Waals surface area contributed by atoms with Crippen molar-refractivity contribution in [3.63, 3.8) is 0 Å². The van der Waals surface area contributed by atoms with E-state index in [0.29, 0.717) is 1.59 Å². The van der Waals surface area contributed by atoms with E-state index in [1.165, 1.54) is 0 Å². The van der Waals surface area contributed by atoms with Crippen LogP contribution in [0.25, 0.3) is 0 Å². The molecular weight excluding hydrogens is 357 g/mol. The summed E-state index contributed by atoms with van der Waals surface area (Å²) in [6.07, 6.45) is 0. The molecule has 0 aliphatic heterocycles. The largest absolute Gasteiger partial charge is 0.350 e. The van der Waals surface area contributed by atoms with Gasteiger partial charge in [0.1, 0.15) is 0 Å². The van der Waals surface area contributed by atoms with Crippen LogP contribution in [0.1, 0.15) is 0 Å². The Morgan fingerprint density at radius 1 is 1.50 bits per heavy atom. The minimum atomic E-state index is -3.90.